The van der Waals surface area contributed by atoms with Gasteiger partial charge < -0.3 is 25.2 Å². The molecule has 2 amide bonds. The number of anilines is 1. The molecule has 0 aliphatic carbocycles. The highest BCUT2D eigenvalue weighted by atomic mass is 16.5. The molecule has 2 N–H and O–H groups in total. The summed E-state index contributed by atoms with van der Waals surface area (Å²) in [6.07, 6.45) is 0. The number of hydrogen-bond donors (Lipinski definition) is 2. The normalized spacial score (nSPS) is 17.1. The van der Waals surface area contributed by atoms with E-state index in [1.807, 2.05) is 25.1 Å². The molecule has 25 heavy (non-hydrogen) atoms. The number of ether oxygens (including phenoxy) is 1. The predicted octanol–water partition coefficient (Wildman–Crippen LogP) is 2.40. The molecular formula is C19H32N4O2. The van der Waals surface area contributed by atoms with Crippen molar-refractivity contribution >= 4 is 11.7 Å². The molecule has 1 aromatic rings. The minimum Gasteiger partial charge on any atom is -0.497 e. The lowest BCUT2D eigenvalue weighted by molar-refractivity contribution is 0.124. The van der Waals surface area contributed by atoms with Crippen molar-refractivity contribution in [3.05, 3.63) is 23.8 Å². The molecule has 0 bridgehead atoms. The summed E-state index contributed by atoms with van der Waals surface area (Å²) in [6, 6.07) is 5.50. The van der Waals surface area contributed by atoms with Crippen LogP contribution in [0.15, 0.2) is 18.2 Å². The minimum atomic E-state index is -0.168. The fraction of sp³-hybridized carbons (Fsp3) is 0.632. The second kappa shape index (κ2) is 9.63. The summed E-state index contributed by atoms with van der Waals surface area (Å²) in [5, 5.41) is 5.88. The first-order valence-electron chi connectivity index (χ1n) is 9.16. The van der Waals surface area contributed by atoms with Gasteiger partial charge in [-0.3, -0.25) is 0 Å². The van der Waals surface area contributed by atoms with Crippen molar-refractivity contribution < 1.29 is 9.53 Å². The lowest BCUT2D eigenvalue weighted by atomic mass is 10.1. The highest BCUT2D eigenvalue weighted by molar-refractivity contribution is 5.90. The maximum atomic E-state index is 12.2. The first kappa shape index (κ1) is 19.5. The van der Waals surface area contributed by atoms with Gasteiger partial charge in [-0.1, -0.05) is 19.9 Å². The quantitative estimate of drug-likeness (QED) is 0.794. The summed E-state index contributed by atoms with van der Waals surface area (Å²) in [5.41, 5.74) is 1.79. The summed E-state index contributed by atoms with van der Waals surface area (Å²) in [7, 11) is 1.62. The monoisotopic (exact) mass is 348 g/mol. The van der Waals surface area contributed by atoms with Gasteiger partial charge in [0.15, 0.2) is 0 Å². The van der Waals surface area contributed by atoms with Gasteiger partial charge in [0.25, 0.3) is 0 Å². The Morgan fingerprint density at radius 3 is 2.56 bits per heavy atom. The topological polar surface area (TPSA) is 56.8 Å². The van der Waals surface area contributed by atoms with Crippen molar-refractivity contribution in [2.75, 3.05) is 58.2 Å². The SMILES string of the molecule is CCN1CCN(C[C@@H](C)CNC(=O)Nc2cc(OC)ccc2C)CC1. The number of nitrogens with one attached hydrogen (secondary N) is 2. The van der Waals surface area contributed by atoms with Crippen LogP contribution in [0.4, 0.5) is 10.5 Å². The van der Waals surface area contributed by atoms with Crippen molar-refractivity contribution in [2.24, 2.45) is 5.92 Å². The molecule has 0 spiro atoms. The van der Waals surface area contributed by atoms with E-state index < -0.39 is 0 Å². The summed E-state index contributed by atoms with van der Waals surface area (Å²) >= 11 is 0. The van der Waals surface area contributed by atoms with Crippen molar-refractivity contribution in [1.29, 1.82) is 0 Å². The second-order valence-corrected chi connectivity index (χ2v) is 6.86. The third kappa shape index (κ3) is 6.21. The van der Waals surface area contributed by atoms with Crippen molar-refractivity contribution in [2.45, 2.75) is 20.8 Å². The number of carbonyl (C=O) groups excluding carboxylic acids is 1. The maximum absolute atomic E-state index is 12.2. The summed E-state index contributed by atoms with van der Waals surface area (Å²) in [5.74, 6) is 1.16. The van der Waals surface area contributed by atoms with E-state index in [0.717, 1.165) is 56.3 Å². The van der Waals surface area contributed by atoms with E-state index in [0.29, 0.717) is 12.5 Å². The van der Waals surface area contributed by atoms with E-state index in [1.54, 1.807) is 7.11 Å². The van der Waals surface area contributed by atoms with Crippen molar-refractivity contribution in [3.63, 3.8) is 0 Å². The second-order valence-electron chi connectivity index (χ2n) is 6.86. The van der Waals surface area contributed by atoms with Crippen LogP contribution in [-0.2, 0) is 0 Å². The third-order valence-corrected chi connectivity index (χ3v) is 4.79. The molecule has 0 saturated carbocycles. The van der Waals surface area contributed by atoms with Gasteiger partial charge in [-0.05, 0) is 31.0 Å². The van der Waals surface area contributed by atoms with Crippen molar-refractivity contribution in [1.82, 2.24) is 15.1 Å². The van der Waals surface area contributed by atoms with Gasteiger partial charge in [0.05, 0.1) is 7.11 Å². The van der Waals surface area contributed by atoms with E-state index in [9.17, 15) is 4.79 Å². The molecule has 0 aromatic heterocycles. The fourth-order valence-corrected chi connectivity index (χ4v) is 3.09. The van der Waals surface area contributed by atoms with Crippen LogP contribution < -0.4 is 15.4 Å². The van der Waals surface area contributed by atoms with E-state index in [4.69, 9.17) is 4.74 Å². The first-order valence-corrected chi connectivity index (χ1v) is 9.16. The smallest absolute Gasteiger partial charge is 0.319 e. The number of carbonyl (C=O) groups is 1. The van der Waals surface area contributed by atoms with E-state index in [2.05, 4.69) is 34.3 Å². The van der Waals surface area contributed by atoms with Gasteiger partial charge in [0, 0.05) is 51.0 Å². The molecule has 6 nitrogen and oxygen atoms in total. The molecule has 1 atom stereocenters. The van der Waals surface area contributed by atoms with Gasteiger partial charge in [0.2, 0.25) is 0 Å². The van der Waals surface area contributed by atoms with E-state index in [-0.39, 0.29) is 6.03 Å². The predicted molar refractivity (Wildman–Crippen MR) is 102 cm³/mol. The average Bonchev–Trinajstić information content (AvgIpc) is 2.62. The lowest BCUT2D eigenvalue weighted by Gasteiger charge is -2.35. The number of aryl methyl sites for hydroxylation is 1. The number of nitrogens with zero attached hydrogens (tertiary/aromatic N) is 2. The van der Waals surface area contributed by atoms with Crippen LogP contribution in [0.3, 0.4) is 0 Å². The molecule has 1 aromatic carbocycles. The number of amides is 2. The molecule has 1 heterocycles. The molecule has 1 aliphatic rings. The lowest BCUT2D eigenvalue weighted by Crippen LogP contribution is -2.48. The van der Waals surface area contributed by atoms with Crippen LogP contribution >= 0.6 is 0 Å². The van der Waals surface area contributed by atoms with Crippen LogP contribution in [-0.4, -0.2) is 68.8 Å². The molecule has 140 valence electrons. The van der Waals surface area contributed by atoms with E-state index >= 15 is 0 Å². The molecular weight excluding hydrogens is 316 g/mol. The zero-order valence-electron chi connectivity index (χ0n) is 16.0. The largest absolute Gasteiger partial charge is 0.497 e. The zero-order valence-corrected chi connectivity index (χ0v) is 16.0. The molecule has 0 unspecified atom stereocenters. The number of likely N-dealkylation sites (N-methyl/N-ethyl adjacent to an activating group) is 1. The number of piperazine rings is 1. The van der Waals surface area contributed by atoms with Gasteiger partial charge in [0.1, 0.15) is 5.75 Å². The number of methoxy groups -OCH3 is 1. The number of benzene rings is 1. The molecule has 1 fully saturated rings. The van der Waals surface area contributed by atoms with Gasteiger partial charge in [-0.15, -0.1) is 0 Å². The Kier molecular flexibility index (Phi) is 7.52. The van der Waals surface area contributed by atoms with Crippen LogP contribution in [0, 0.1) is 12.8 Å². The van der Waals surface area contributed by atoms with Gasteiger partial charge >= 0.3 is 6.03 Å². The molecule has 2 rings (SSSR count). The fourth-order valence-electron chi connectivity index (χ4n) is 3.09. The Hall–Kier alpha value is -1.79. The number of hydrogen-bond acceptors (Lipinski definition) is 4. The van der Waals surface area contributed by atoms with Crippen LogP contribution in [0.2, 0.25) is 0 Å². The minimum absolute atomic E-state index is 0.168. The maximum Gasteiger partial charge on any atom is 0.319 e. The Balaban J connectivity index is 1.72. The van der Waals surface area contributed by atoms with Gasteiger partial charge in [-0.25, -0.2) is 4.79 Å². The van der Waals surface area contributed by atoms with Crippen LogP contribution in [0.5, 0.6) is 5.75 Å². The van der Waals surface area contributed by atoms with Crippen LogP contribution in [0.1, 0.15) is 19.4 Å². The highest BCUT2D eigenvalue weighted by Gasteiger charge is 2.17. The summed E-state index contributed by atoms with van der Waals surface area (Å²) < 4.78 is 5.21. The Bertz CT molecular complexity index is 556. The van der Waals surface area contributed by atoms with E-state index in [1.165, 1.54) is 0 Å². The van der Waals surface area contributed by atoms with Crippen molar-refractivity contribution in [3.8, 4) is 5.75 Å². The van der Waals surface area contributed by atoms with Gasteiger partial charge in [-0.2, -0.15) is 0 Å². The standard InChI is InChI=1S/C19H32N4O2/c1-5-22-8-10-23(11-9-22)14-15(2)13-20-19(24)21-18-12-17(25-4)7-6-16(18)3/h6-7,12,15H,5,8-11,13-14H2,1-4H3,(H2,20,21,24)/t15-/m0/s1. The zero-order chi connectivity index (χ0) is 18.2. The average molecular weight is 348 g/mol. The Morgan fingerprint density at radius 1 is 1.24 bits per heavy atom. The molecule has 6 heteroatoms. The summed E-state index contributed by atoms with van der Waals surface area (Å²) in [6.45, 7) is 13.7. The Labute approximate surface area is 151 Å². The summed E-state index contributed by atoms with van der Waals surface area (Å²) in [4.78, 5) is 17.1. The van der Waals surface area contributed by atoms with Crippen LogP contribution in [0.25, 0.3) is 0 Å². The highest BCUT2D eigenvalue weighted by Crippen LogP contribution is 2.21. The molecule has 1 saturated heterocycles. The number of rotatable bonds is 7. The molecule has 0 radical (unpaired) electrons. The third-order valence-electron chi connectivity index (χ3n) is 4.79. The molecule has 1 aliphatic heterocycles. The Morgan fingerprint density at radius 2 is 1.92 bits per heavy atom. The first-order chi connectivity index (χ1) is 12.0. The number of urea groups is 1.